The monoisotopic (exact) mass is 340 g/mol. The van der Waals surface area contributed by atoms with Crippen molar-refractivity contribution in [3.63, 3.8) is 0 Å². The zero-order valence-corrected chi connectivity index (χ0v) is 14.4. The van der Waals surface area contributed by atoms with Crippen LogP contribution >= 0.6 is 0 Å². The Bertz CT molecular complexity index is 766. The SMILES string of the molecule is COc1ccc(CNC(=O)[C@@H](C)Oc2ccc(C#N)cc2)cc1OC. The van der Waals surface area contributed by atoms with Gasteiger partial charge in [-0.3, -0.25) is 4.79 Å². The van der Waals surface area contributed by atoms with Crippen LogP contribution in [-0.4, -0.2) is 26.2 Å². The maximum Gasteiger partial charge on any atom is 0.261 e. The van der Waals surface area contributed by atoms with Crippen LogP contribution in [0, 0.1) is 11.3 Å². The lowest BCUT2D eigenvalue weighted by Crippen LogP contribution is -2.35. The number of carbonyl (C=O) groups excluding carboxylic acids is 1. The van der Waals surface area contributed by atoms with Gasteiger partial charge in [-0.15, -0.1) is 0 Å². The topological polar surface area (TPSA) is 80.6 Å². The highest BCUT2D eigenvalue weighted by Crippen LogP contribution is 2.27. The molecule has 2 aromatic carbocycles. The molecule has 1 amide bonds. The predicted molar refractivity (Wildman–Crippen MR) is 92.6 cm³/mol. The Morgan fingerprint density at radius 2 is 1.80 bits per heavy atom. The van der Waals surface area contributed by atoms with Crippen molar-refractivity contribution < 1.29 is 19.0 Å². The lowest BCUT2D eigenvalue weighted by atomic mass is 10.2. The molecule has 0 heterocycles. The van der Waals surface area contributed by atoms with Gasteiger partial charge in [0.25, 0.3) is 5.91 Å². The van der Waals surface area contributed by atoms with Crippen molar-refractivity contribution in [1.82, 2.24) is 5.32 Å². The van der Waals surface area contributed by atoms with Crippen LogP contribution < -0.4 is 19.5 Å². The molecule has 25 heavy (non-hydrogen) atoms. The summed E-state index contributed by atoms with van der Waals surface area (Å²) in [5.74, 6) is 1.54. The van der Waals surface area contributed by atoms with Gasteiger partial charge in [0, 0.05) is 6.54 Å². The van der Waals surface area contributed by atoms with Crippen LogP contribution in [0.15, 0.2) is 42.5 Å². The van der Waals surface area contributed by atoms with E-state index in [1.807, 2.05) is 18.2 Å². The third-order valence-electron chi connectivity index (χ3n) is 3.58. The van der Waals surface area contributed by atoms with Gasteiger partial charge in [-0.25, -0.2) is 0 Å². The summed E-state index contributed by atoms with van der Waals surface area (Å²) in [6.07, 6.45) is -0.659. The molecule has 130 valence electrons. The van der Waals surface area contributed by atoms with Gasteiger partial charge in [-0.1, -0.05) is 6.07 Å². The van der Waals surface area contributed by atoms with Crippen molar-refractivity contribution >= 4 is 5.91 Å². The van der Waals surface area contributed by atoms with Crippen molar-refractivity contribution in [2.45, 2.75) is 19.6 Å². The summed E-state index contributed by atoms with van der Waals surface area (Å²) in [6, 6.07) is 14.1. The molecule has 2 rings (SSSR count). The first-order valence-electron chi connectivity index (χ1n) is 7.72. The second-order valence-electron chi connectivity index (χ2n) is 5.30. The van der Waals surface area contributed by atoms with E-state index in [2.05, 4.69) is 5.32 Å². The van der Waals surface area contributed by atoms with E-state index in [-0.39, 0.29) is 5.91 Å². The Morgan fingerprint density at radius 3 is 2.40 bits per heavy atom. The van der Waals surface area contributed by atoms with Gasteiger partial charge in [0.1, 0.15) is 5.75 Å². The Hall–Kier alpha value is -3.20. The normalized spacial score (nSPS) is 11.1. The Morgan fingerprint density at radius 1 is 1.12 bits per heavy atom. The van der Waals surface area contributed by atoms with E-state index in [1.54, 1.807) is 51.5 Å². The van der Waals surface area contributed by atoms with Crippen molar-refractivity contribution in [3.05, 3.63) is 53.6 Å². The Labute approximate surface area is 146 Å². The number of ether oxygens (including phenoxy) is 3. The predicted octanol–water partition coefficient (Wildman–Crippen LogP) is 2.66. The van der Waals surface area contributed by atoms with Crippen LogP contribution in [0.1, 0.15) is 18.1 Å². The molecule has 0 bridgehead atoms. The molecule has 2 aromatic rings. The average Bonchev–Trinajstić information content (AvgIpc) is 2.66. The van der Waals surface area contributed by atoms with E-state index in [0.717, 1.165) is 5.56 Å². The van der Waals surface area contributed by atoms with Gasteiger partial charge in [0.15, 0.2) is 17.6 Å². The summed E-state index contributed by atoms with van der Waals surface area (Å²) in [5.41, 5.74) is 1.43. The zero-order chi connectivity index (χ0) is 18.2. The molecule has 0 aliphatic heterocycles. The lowest BCUT2D eigenvalue weighted by molar-refractivity contribution is -0.127. The maximum absolute atomic E-state index is 12.2. The number of benzene rings is 2. The number of hydrogen-bond donors (Lipinski definition) is 1. The molecule has 0 spiro atoms. The minimum absolute atomic E-state index is 0.237. The number of nitriles is 1. The Kier molecular flexibility index (Phi) is 6.24. The molecule has 0 unspecified atom stereocenters. The Balaban J connectivity index is 1.91. The van der Waals surface area contributed by atoms with Crippen LogP contribution in [0.5, 0.6) is 17.2 Å². The third-order valence-corrected chi connectivity index (χ3v) is 3.58. The fourth-order valence-corrected chi connectivity index (χ4v) is 2.19. The second kappa shape index (κ2) is 8.60. The highest BCUT2D eigenvalue weighted by Gasteiger charge is 2.14. The summed E-state index contributed by atoms with van der Waals surface area (Å²) in [6.45, 7) is 2.02. The summed E-state index contributed by atoms with van der Waals surface area (Å²) in [7, 11) is 3.13. The summed E-state index contributed by atoms with van der Waals surface area (Å²) >= 11 is 0. The number of hydrogen-bond acceptors (Lipinski definition) is 5. The van der Waals surface area contributed by atoms with Crippen molar-refractivity contribution in [1.29, 1.82) is 5.26 Å². The number of nitrogens with zero attached hydrogens (tertiary/aromatic N) is 1. The van der Waals surface area contributed by atoms with Gasteiger partial charge in [0.05, 0.1) is 25.9 Å². The smallest absolute Gasteiger partial charge is 0.261 e. The van der Waals surface area contributed by atoms with Gasteiger partial charge >= 0.3 is 0 Å². The van der Waals surface area contributed by atoms with Crippen LogP contribution in [0.25, 0.3) is 0 Å². The summed E-state index contributed by atoms with van der Waals surface area (Å²) in [5, 5.41) is 11.6. The number of carbonyl (C=O) groups is 1. The first kappa shape index (κ1) is 18.1. The van der Waals surface area contributed by atoms with E-state index < -0.39 is 6.10 Å². The number of nitrogens with one attached hydrogen (secondary N) is 1. The minimum Gasteiger partial charge on any atom is -0.493 e. The van der Waals surface area contributed by atoms with Gasteiger partial charge in [0.2, 0.25) is 0 Å². The van der Waals surface area contributed by atoms with E-state index in [1.165, 1.54) is 0 Å². The lowest BCUT2D eigenvalue weighted by Gasteiger charge is -2.15. The molecule has 1 N–H and O–H groups in total. The van der Waals surface area contributed by atoms with Crippen LogP contribution in [-0.2, 0) is 11.3 Å². The van der Waals surface area contributed by atoms with Crippen molar-refractivity contribution in [2.75, 3.05) is 14.2 Å². The average molecular weight is 340 g/mol. The van der Waals surface area contributed by atoms with E-state index in [4.69, 9.17) is 19.5 Å². The third kappa shape index (κ3) is 4.88. The first-order chi connectivity index (χ1) is 12.1. The molecule has 1 atom stereocenters. The molecular weight excluding hydrogens is 320 g/mol. The number of rotatable bonds is 7. The standard InChI is InChI=1S/C19H20N2O4/c1-13(25-16-7-4-14(11-20)5-8-16)19(22)21-12-15-6-9-17(23-2)18(10-15)24-3/h4-10,13H,12H2,1-3H3,(H,21,22)/t13-/m1/s1. The molecule has 0 aliphatic carbocycles. The second-order valence-corrected chi connectivity index (χ2v) is 5.30. The first-order valence-corrected chi connectivity index (χ1v) is 7.72. The van der Waals surface area contributed by atoms with Crippen molar-refractivity contribution in [2.24, 2.45) is 0 Å². The van der Waals surface area contributed by atoms with Gasteiger partial charge < -0.3 is 19.5 Å². The molecule has 6 heteroatoms. The highest BCUT2D eigenvalue weighted by atomic mass is 16.5. The maximum atomic E-state index is 12.2. The number of amides is 1. The van der Waals surface area contributed by atoms with Crippen LogP contribution in [0.2, 0.25) is 0 Å². The fraction of sp³-hybridized carbons (Fsp3) is 0.263. The molecule has 0 aliphatic rings. The van der Waals surface area contributed by atoms with E-state index >= 15 is 0 Å². The molecule has 0 saturated carbocycles. The van der Waals surface area contributed by atoms with Gasteiger partial charge in [-0.2, -0.15) is 5.26 Å². The molecule has 0 fully saturated rings. The molecule has 0 radical (unpaired) electrons. The molecule has 6 nitrogen and oxygen atoms in total. The minimum atomic E-state index is -0.659. The number of methoxy groups -OCH3 is 2. The van der Waals surface area contributed by atoms with Crippen molar-refractivity contribution in [3.8, 4) is 23.3 Å². The molecule has 0 saturated heterocycles. The van der Waals surface area contributed by atoms with Crippen LogP contribution in [0.3, 0.4) is 0 Å². The van der Waals surface area contributed by atoms with E-state index in [0.29, 0.717) is 29.4 Å². The quantitative estimate of drug-likeness (QED) is 0.838. The largest absolute Gasteiger partial charge is 0.493 e. The fourth-order valence-electron chi connectivity index (χ4n) is 2.19. The molecule has 0 aromatic heterocycles. The highest BCUT2D eigenvalue weighted by molar-refractivity contribution is 5.80. The summed E-state index contributed by atoms with van der Waals surface area (Å²) in [4.78, 5) is 12.2. The van der Waals surface area contributed by atoms with Crippen LogP contribution in [0.4, 0.5) is 0 Å². The van der Waals surface area contributed by atoms with E-state index in [9.17, 15) is 4.79 Å². The summed E-state index contributed by atoms with van der Waals surface area (Å²) < 4.78 is 16.0. The molecular formula is C19H20N2O4. The van der Waals surface area contributed by atoms with Gasteiger partial charge in [-0.05, 0) is 48.9 Å². The zero-order valence-electron chi connectivity index (χ0n) is 14.4.